The molecule has 138 valence electrons. The molecule has 0 spiro atoms. The Bertz CT molecular complexity index is 698. The molecule has 26 heavy (non-hydrogen) atoms. The summed E-state index contributed by atoms with van der Waals surface area (Å²) in [5.74, 6) is 0. The lowest BCUT2D eigenvalue weighted by Crippen LogP contribution is -2.55. The number of hydrogen-bond acceptors (Lipinski definition) is 3. The fraction of sp³-hybridized carbons (Fsp3) is 0.455. The molecule has 0 radical (unpaired) electrons. The van der Waals surface area contributed by atoms with Crippen LogP contribution in [0.2, 0.25) is 5.02 Å². The minimum absolute atomic E-state index is 0.703. The van der Waals surface area contributed by atoms with Crippen LogP contribution in [0, 0.1) is 0 Å². The first-order valence-corrected chi connectivity index (χ1v) is 10.2. The van der Waals surface area contributed by atoms with Gasteiger partial charge in [-0.2, -0.15) is 0 Å². The molecule has 2 aliphatic heterocycles. The maximum atomic E-state index is 6.15. The highest BCUT2D eigenvalue weighted by Crippen LogP contribution is 2.23. The standard InChI is InChI=1S/C22H28ClN3/c23-20-8-4-9-21(16-20)25-12-14-26(15-13-25)22-10-5-11-24(18-22)17-19-6-2-1-3-7-19/h1-4,6-9,16,22H,5,10-15,17-18H2. The Morgan fingerprint density at radius 2 is 1.69 bits per heavy atom. The molecule has 2 fully saturated rings. The van der Waals surface area contributed by atoms with Crippen molar-refractivity contribution in [2.75, 3.05) is 44.2 Å². The maximum absolute atomic E-state index is 6.15. The van der Waals surface area contributed by atoms with Crippen molar-refractivity contribution in [1.82, 2.24) is 9.80 Å². The summed E-state index contributed by atoms with van der Waals surface area (Å²) in [6.45, 7) is 8.00. The second kappa shape index (κ2) is 8.43. The van der Waals surface area contributed by atoms with Gasteiger partial charge in [-0.15, -0.1) is 0 Å². The van der Waals surface area contributed by atoms with E-state index >= 15 is 0 Å². The molecule has 1 atom stereocenters. The molecule has 0 N–H and O–H groups in total. The minimum atomic E-state index is 0.703. The SMILES string of the molecule is Clc1cccc(N2CCN(C3CCCN(Cc4ccccc4)C3)CC2)c1. The van der Waals surface area contributed by atoms with Gasteiger partial charge in [-0.05, 0) is 43.1 Å². The van der Waals surface area contributed by atoms with E-state index in [2.05, 4.69) is 57.2 Å². The second-order valence-electron chi connectivity index (χ2n) is 7.52. The van der Waals surface area contributed by atoms with Gasteiger partial charge in [0.25, 0.3) is 0 Å². The Hall–Kier alpha value is -1.55. The first kappa shape index (κ1) is 17.8. The Balaban J connectivity index is 1.31. The molecule has 3 nitrogen and oxygen atoms in total. The van der Waals surface area contributed by atoms with Gasteiger partial charge in [0.2, 0.25) is 0 Å². The van der Waals surface area contributed by atoms with Crippen molar-refractivity contribution in [1.29, 1.82) is 0 Å². The highest BCUT2D eigenvalue weighted by atomic mass is 35.5. The van der Waals surface area contributed by atoms with Crippen LogP contribution in [0.5, 0.6) is 0 Å². The molecule has 2 aromatic carbocycles. The van der Waals surface area contributed by atoms with Crippen LogP contribution >= 0.6 is 11.6 Å². The molecular weight excluding hydrogens is 342 g/mol. The number of benzene rings is 2. The third kappa shape index (κ3) is 4.40. The smallest absolute Gasteiger partial charge is 0.0426 e. The second-order valence-corrected chi connectivity index (χ2v) is 7.96. The van der Waals surface area contributed by atoms with Gasteiger partial charge in [0, 0.05) is 56.0 Å². The number of hydrogen-bond donors (Lipinski definition) is 0. The monoisotopic (exact) mass is 369 g/mol. The van der Waals surface area contributed by atoms with Gasteiger partial charge in [-0.3, -0.25) is 9.80 Å². The minimum Gasteiger partial charge on any atom is -0.369 e. The molecule has 2 aliphatic rings. The van der Waals surface area contributed by atoms with E-state index in [9.17, 15) is 0 Å². The Morgan fingerprint density at radius 1 is 0.885 bits per heavy atom. The highest BCUT2D eigenvalue weighted by Gasteiger charge is 2.28. The summed E-state index contributed by atoms with van der Waals surface area (Å²) in [7, 11) is 0. The lowest BCUT2D eigenvalue weighted by Gasteiger charge is -2.44. The number of likely N-dealkylation sites (tertiary alicyclic amines) is 1. The predicted octanol–water partition coefficient (Wildman–Crippen LogP) is 4.13. The van der Waals surface area contributed by atoms with E-state index in [1.54, 1.807) is 0 Å². The van der Waals surface area contributed by atoms with Crippen molar-refractivity contribution >= 4 is 17.3 Å². The first-order chi connectivity index (χ1) is 12.8. The average Bonchev–Trinajstić information content (AvgIpc) is 2.69. The van der Waals surface area contributed by atoms with Gasteiger partial charge < -0.3 is 4.90 Å². The normalized spacial score (nSPS) is 22.5. The third-order valence-corrected chi connectivity index (χ3v) is 5.97. The molecule has 0 aliphatic carbocycles. The largest absolute Gasteiger partial charge is 0.369 e. The zero-order valence-corrected chi connectivity index (χ0v) is 16.1. The van der Waals surface area contributed by atoms with Gasteiger partial charge in [-0.1, -0.05) is 48.0 Å². The van der Waals surface area contributed by atoms with E-state index in [-0.39, 0.29) is 0 Å². The third-order valence-electron chi connectivity index (χ3n) is 5.73. The van der Waals surface area contributed by atoms with Gasteiger partial charge in [0.05, 0.1) is 0 Å². The van der Waals surface area contributed by atoms with E-state index in [1.807, 2.05) is 12.1 Å². The summed E-state index contributed by atoms with van der Waals surface area (Å²) in [4.78, 5) is 7.80. The maximum Gasteiger partial charge on any atom is 0.0426 e. The fourth-order valence-electron chi connectivity index (χ4n) is 4.33. The molecule has 2 saturated heterocycles. The van der Waals surface area contributed by atoms with Crippen molar-refractivity contribution in [3.63, 3.8) is 0 Å². The zero-order chi connectivity index (χ0) is 17.8. The van der Waals surface area contributed by atoms with Crippen LogP contribution in [0.25, 0.3) is 0 Å². The van der Waals surface area contributed by atoms with Gasteiger partial charge in [0.15, 0.2) is 0 Å². The lowest BCUT2D eigenvalue weighted by molar-refractivity contribution is 0.0888. The number of nitrogens with zero attached hydrogens (tertiary/aromatic N) is 3. The van der Waals surface area contributed by atoms with Gasteiger partial charge >= 0.3 is 0 Å². The van der Waals surface area contributed by atoms with E-state index in [4.69, 9.17) is 11.6 Å². The fourth-order valence-corrected chi connectivity index (χ4v) is 4.52. The predicted molar refractivity (Wildman–Crippen MR) is 110 cm³/mol. The molecule has 0 saturated carbocycles. The van der Waals surface area contributed by atoms with Gasteiger partial charge in [-0.25, -0.2) is 0 Å². The lowest BCUT2D eigenvalue weighted by atomic mass is 10.0. The summed E-state index contributed by atoms with van der Waals surface area (Å²) >= 11 is 6.15. The van der Waals surface area contributed by atoms with E-state index in [1.165, 1.54) is 37.2 Å². The van der Waals surface area contributed by atoms with Crippen molar-refractivity contribution in [2.45, 2.75) is 25.4 Å². The van der Waals surface area contributed by atoms with Crippen molar-refractivity contribution < 1.29 is 0 Å². The number of halogens is 1. The highest BCUT2D eigenvalue weighted by molar-refractivity contribution is 6.30. The van der Waals surface area contributed by atoms with E-state index < -0.39 is 0 Å². The van der Waals surface area contributed by atoms with Crippen LogP contribution in [0.15, 0.2) is 54.6 Å². The molecule has 2 heterocycles. The molecule has 0 amide bonds. The quantitative estimate of drug-likeness (QED) is 0.802. The first-order valence-electron chi connectivity index (χ1n) is 9.79. The van der Waals surface area contributed by atoms with E-state index in [0.717, 1.165) is 37.7 Å². The summed E-state index contributed by atoms with van der Waals surface area (Å²) in [5, 5.41) is 0.828. The number of anilines is 1. The molecule has 0 aromatic heterocycles. The number of piperidine rings is 1. The van der Waals surface area contributed by atoms with Crippen molar-refractivity contribution in [2.24, 2.45) is 0 Å². The number of piperazine rings is 1. The van der Waals surface area contributed by atoms with Crippen LogP contribution in [0.4, 0.5) is 5.69 Å². The molecular formula is C22H28ClN3. The summed E-state index contributed by atoms with van der Waals surface area (Å²) in [6, 6.07) is 19.8. The summed E-state index contributed by atoms with van der Waals surface area (Å²) < 4.78 is 0. The van der Waals surface area contributed by atoms with Crippen LogP contribution in [-0.2, 0) is 6.54 Å². The molecule has 1 unspecified atom stereocenters. The number of rotatable bonds is 4. The molecule has 4 rings (SSSR count). The summed E-state index contributed by atoms with van der Waals surface area (Å²) in [6.07, 6.45) is 2.65. The Kier molecular flexibility index (Phi) is 5.78. The average molecular weight is 370 g/mol. The summed E-state index contributed by atoms with van der Waals surface area (Å²) in [5.41, 5.74) is 2.69. The Morgan fingerprint density at radius 3 is 2.46 bits per heavy atom. The molecule has 4 heteroatoms. The molecule has 0 bridgehead atoms. The van der Waals surface area contributed by atoms with Crippen molar-refractivity contribution in [3.8, 4) is 0 Å². The van der Waals surface area contributed by atoms with Crippen molar-refractivity contribution in [3.05, 3.63) is 65.2 Å². The molecule has 2 aromatic rings. The van der Waals surface area contributed by atoms with Gasteiger partial charge in [0.1, 0.15) is 0 Å². The van der Waals surface area contributed by atoms with E-state index in [0.29, 0.717) is 6.04 Å². The zero-order valence-electron chi connectivity index (χ0n) is 15.4. The van der Waals surface area contributed by atoms with Crippen LogP contribution in [0.1, 0.15) is 18.4 Å². The Labute approximate surface area is 162 Å². The van der Waals surface area contributed by atoms with Crippen LogP contribution in [0.3, 0.4) is 0 Å². The topological polar surface area (TPSA) is 9.72 Å². The van der Waals surface area contributed by atoms with Crippen LogP contribution < -0.4 is 4.90 Å². The van der Waals surface area contributed by atoms with Crippen LogP contribution in [-0.4, -0.2) is 55.1 Å².